The summed E-state index contributed by atoms with van der Waals surface area (Å²) >= 11 is 0. The van der Waals surface area contributed by atoms with Gasteiger partial charge in [0.05, 0.1) is 0 Å². The Morgan fingerprint density at radius 1 is 0.179 bits per heavy atom. The van der Waals surface area contributed by atoms with Crippen molar-refractivity contribution in [2.24, 2.45) is 186 Å². The highest BCUT2D eigenvalue weighted by atomic mass is 15.3. The molecule has 123 heavy (non-hydrogen) atoms. The monoisotopic (exact) mass is 1690 g/mol. The van der Waals surface area contributed by atoms with Crippen molar-refractivity contribution in [2.45, 2.75) is 555 Å². The Labute approximate surface area is 762 Å². The fourth-order valence-electron chi connectivity index (χ4n) is 42.3. The van der Waals surface area contributed by atoms with Gasteiger partial charge < -0.3 is 0 Å². The molecule has 0 aromatic carbocycles. The molecule has 0 spiro atoms. The van der Waals surface area contributed by atoms with E-state index in [9.17, 15) is 0 Å². The fraction of sp³-hybridized carbons (Fsp3) is 1.00. The summed E-state index contributed by atoms with van der Waals surface area (Å²) in [5.74, 6) is 26.9. The first-order valence-corrected chi connectivity index (χ1v) is 57.9. The molecule has 0 radical (unpaired) electrons. The summed E-state index contributed by atoms with van der Waals surface area (Å²) in [5.41, 5.74) is 2.38. The van der Waals surface area contributed by atoms with E-state index in [0.717, 1.165) is 251 Å². The third-order valence-corrected chi connectivity index (χ3v) is 48.0. The molecule has 0 aromatic rings. The molecule has 17 saturated carbocycles. The summed E-state index contributed by atoms with van der Waals surface area (Å²) < 4.78 is 0. The normalized spacial score (nSPS) is 49.4. The maximum atomic E-state index is 4.11. The van der Waals surface area contributed by atoms with Crippen molar-refractivity contribution in [2.75, 3.05) is 0 Å². The van der Waals surface area contributed by atoms with Crippen molar-refractivity contribution < 1.29 is 0 Å². The molecule has 33 unspecified atom stereocenters. The second kappa shape index (κ2) is 34.6. The predicted molar refractivity (Wildman–Crippen MR) is 522 cm³/mol. The number of hydrogen-bond donors (Lipinski definition) is 0. The van der Waals surface area contributed by atoms with E-state index >= 15 is 0 Å². The summed E-state index contributed by atoms with van der Waals surface area (Å²) in [6, 6.07) is 9.56. The first-order chi connectivity index (χ1) is 58.8. The van der Waals surface area contributed by atoms with Gasteiger partial charge in [-0.25, -0.2) is 0 Å². The van der Waals surface area contributed by atoms with Gasteiger partial charge >= 0.3 is 0 Å². The predicted octanol–water partition coefficient (Wildman–Crippen LogP) is 31.5. The standard InChI is InChI=1S/C118H201BN4/c1-113(2,3)80-50-55-102-95(62-80)96-63-81(114(4,5)6)51-56-103(96)120(102)86-52-53-98-105(69-86)123(112-93(74-39-27-21-28-40-74)66-85(118(16,17)18)67-94(112)75-41-29-22-30-42-75)107-71-87(121-100-45-33-31-43-88(100)89-44-32-34-46-101(89)121)70-106-110(107)119(98)99-61-76(90-60-79-59-82(115(7,8)9)57-77-47-48-78-58-83(116(10,11)12)68-97(90)109(78)108(77)79)49-54-104(99)122(106)111-91(72-35-23-19-24-36-72)64-84(117(13,14)15)65-92(111)73-37-25-20-26-38-73/h72-112H,19-71H2,1-18H3. The lowest BCUT2D eigenvalue weighted by Gasteiger charge is -2.73. The van der Waals surface area contributed by atoms with Crippen molar-refractivity contribution in [3.05, 3.63) is 0 Å². The van der Waals surface area contributed by atoms with Crippen molar-refractivity contribution in [3.8, 4) is 0 Å². The summed E-state index contributed by atoms with van der Waals surface area (Å²) in [6.07, 6.45) is 82.4. The summed E-state index contributed by atoms with van der Waals surface area (Å²) in [7, 11) is 0. The Balaban J connectivity index is 0.780. The topological polar surface area (TPSA) is 13.0 Å². The van der Waals surface area contributed by atoms with Gasteiger partial charge in [-0.15, -0.1) is 0 Å². The van der Waals surface area contributed by atoms with Crippen LogP contribution in [-0.4, -0.2) is 98.8 Å². The highest BCUT2D eigenvalue weighted by Gasteiger charge is 2.72. The van der Waals surface area contributed by atoms with Crippen molar-refractivity contribution in [3.63, 3.8) is 0 Å². The van der Waals surface area contributed by atoms with Crippen LogP contribution in [0.1, 0.15) is 465 Å². The van der Waals surface area contributed by atoms with Gasteiger partial charge in [0.2, 0.25) is 0 Å². The van der Waals surface area contributed by atoms with Gasteiger partial charge in [0, 0.05) is 72.5 Å². The van der Waals surface area contributed by atoms with Crippen LogP contribution < -0.4 is 0 Å². The minimum absolute atomic E-state index is 0.364. The molecule has 4 aliphatic heterocycles. The van der Waals surface area contributed by atoms with Crippen LogP contribution in [0.15, 0.2) is 0 Å². The Hall–Kier alpha value is -0.0951. The average molecular weight is 1690 g/mol. The molecule has 33 atom stereocenters. The Bertz CT molecular complexity index is 3390. The molecule has 21 aliphatic rings. The number of nitrogens with zero attached hydrogens (tertiary/aromatic N) is 4. The largest absolute Gasteiger partial charge is 0.295 e. The average Bonchev–Trinajstić information content (AvgIpc) is 1.16. The lowest BCUT2D eigenvalue weighted by molar-refractivity contribution is -0.159. The molecule has 5 heteroatoms. The van der Waals surface area contributed by atoms with Crippen LogP contribution >= 0.6 is 0 Å². The van der Waals surface area contributed by atoms with Crippen LogP contribution in [-0.2, 0) is 0 Å². The fourth-order valence-corrected chi connectivity index (χ4v) is 42.3. The van der Waals surface area contributed by atoms with E-state index in [4.69, 9.17) is 0 Å². The maximum absolute atomic E-state index is 4.11. The SMILES string of the molecule is CC(C)(C)C1CC2CCC3CC(C(C)(C)C)CC4C(C5CCC6C(C5)B5C7CCC(N8C9CCC(C(C)(C)C)CC9C9CC(C(C)(C)C)CCC98)CC7N(C7C(C8CCCCC8)CC(C(C)(C)C)CC7C7CCCCC7)C7CC(N8C9CCCCC9C9CCCCC98)CC(C57)N6C5C(C6CCCCC6)CC(C(C)(C)C)CC5C5CCCCC5)CC(C1)C2C34. The lowest BCUT2D eigenvalue weighted by Crippen LogP contribution is -2.78. The van der Waals surface area contributed by atoms with Crippen LogP contribution in [0.4, 0.5) is 0 Å². The summed E-state index contributed by atoms with van der Waals surface area (Å²) in [6.45, 7) is 50.2. The van der Waals surface area contributed by atoms with E-state index in [1.54, 1.807) is 199 Å². The molecule has 21 rings (SSSR count). The molecule has 4 saturated heterocycles. The van der Waals surface area contributed by atoms with E-state index in [2.05, 4.69) is 144 Å². The van der Waals surface area contributed by atoms with E-state index in [-0.39, 0.29) is 0 Å². The lowest BCUT2D eigenvalue weighted by atomic mass is 9.18. The third kappa shape index (κ3) is 16.4. The molecule has 4 heterocycles. The van der Waals surface area contributed by atoms with Crippen molar-refractivity contribution >= 4 is 6.71 Å². The number of rotatable bonds is 9. The number of hydrogen-bond acceptors (Lipinski definition) is 4. The van der Waals surface area contributed by atoms with Gasteiger partial charge in [-0.2, -0.15) is 0 Å². The van der Waals surface area contributed by atoms with Crippen molar-refractivity contribution in [1.82, 2.24) is 19.6 Å². The minimum atomic E-state index is 0.364. The Morgan fingerprint density at radius 3 is 0.967 bits per heavy atom. The quantitative estimate of drug-likeness (QED) is 0.213. The molecular weight excluding hydrogens is 1480 g/mol. The second-order valence-electron chi connectivity index (χ2n) is 58.9. The highest BCUT2D eigenvalue weighted by molar-refractivity contribution is 6.65. The van der Waals surface area contributed by atoms with Crippen molar-refractivity contribution in [1.29, 1.82) is 0 Å². The molecular formula is C118H201BN4. The highest BCUT2D eigenvalue weighted by Crippen LogP contribution is 2.73. The zero-order valence-electron chi connectivity index (χ0n) is 84.5. The number of fused-ring (bicyclic) bond motifs is 10. The van der Waals surface area contributed by atoms with Gasteiger partial charge in [-0.3, -0.25) is 19.6 Å². The molecule has 0 aromatic heterocycles. The molecule has 0 N–H and O–H groups in total. The van der Waals surface area contributed by atoms with Gasteiger partial charge in [-0.05, 0) is 377 Å². The van der Waals surface area contributed by atoms with Crippen LogP contribution in [0, 0.1) is 186 Å². The maximum Gasteiger partial charge on any atom is 0.156 e. The van der Waals surface area contributed by atoms with E-state index < -0.39 is 0 Å². The molecule has 17 aliphatic carbocycles. The second-order valence-corrected chi connectivity index (χ2v) is 58.9. The smallest absolute Gasteiger partial charge is 0.156 e. The zero-order chi connectivity index (χ0) is 85.0. The molecule has 4 nitrogen and oxygen atoms in total. The Morgan fingerprint density at radius 2 is 0.520 bits per heavy atom. The Kier molecular flexibility index (Phi) is 25.2. The molecule has 0 amide bonds. The van der Waals surface area contributed by atoms with Gasteiger partial charge in [0.25, 0.3) is 0 Å². The number of likely N-dealkylation sites (tertiary alicyclic amines) is 2. The summed E-state index contributed by atoms with van der Waals surface area (Å²) in [5, 5.41) is 0. The van der Waals surface area contributed by atoms with Gasteiger partial charge in [0.15, 0.2) is 6.71 Å². The van der Waals surface area contributed by atoms with Crippen LogP contribution in [0.25, 0.3) is 0 Å². The van der Waals surface area contributed by atoms with E-state index in [1.807, 2.05) is 0 Å². The zero-order valence-corrected chi connectivity index (χ0v) is 84.5. The first-order valence-electron chi connectivity index (χ1n) is 57.9. The minimum Gasteiger partial charge on any atom is -0.295 e. The van der Waals surface area contributed by atoms with Gasteiger partial charge in [0.1, 0.15) is 0 Å². The van der Waals surface area contributed by atoms with Crippen LogP contribution in [0.3, 0.4) is 0 Å². The summed E-state index contributed by atoms with van der Waals surface area (Å²) in [4.78, 5) is 15.6. The molecule has 21 fully saturated rings. The first kappa shape index (κ1) is 89.4. The molecule has 0 bridgehead atoms. The van der Waals surface area contributed by atoms with Gasteiger partial charge in [-0.1, -0.05) is 292 Å². The van der Waals surface area contributed by atoms with Crippen LogP contribution in [0.5, 0.6) is 0 Å². The molecule has 696 valence electrons. The van der Waals surface area contributed by atoms with E-state index in [0.29, 0.717) is 32.5 Å². The van der Waals surface area contributed by atoms with E-state index in [1.165, 1.54) is 141 Å². The third-order valence-electron chi connectivity index (χ3n) is 48.0. The van der Waals surface area contributed by atoms with Crippen LogP contribution in [0.2, 0.25) is 17.5 Å².